The third-order valence-electron chi connectivity index (χ3n) is 3.66. The van der Waals surface area contributed by atoms with Crippen molar-refractivity contribution < 1.29 is 4.39 Å². The molecule has 82 valence electrons. The van der Waals surface area contributed by atoms with Gasteiger partial charge in [0.05, 0.1) is 0 Å². The van der Waals surface area contributed by atoms with Gasteiger partial charge in [-0.2, -0.15) is 0 Å². The lowest BCUT2D eigenvalue weighted by Crippen LogP contribution is -2.30. The molecule has 2 N–H and O–H groups in total. The number of aryl methyl sites for hydroxylation is 1. The molecule has 15 heavy (non-hydrogen) atoms. The van der Waals surface area contributed by atoms with Gasteiger partial charge in [-0.1, -0.05) is 26.0 Å². The third-order valence-corrected chi connectivity index (χ3v) is 3.66. The van der Waals surface area contributed by atoms with Crippen molar-refractivity contribution in [2.45, 2.75) is 32.6 Å². The van der Waals surface area contributed by atoms with Gasteiger partial charge in [-0.05, 0) is 47.9 Å². The number of halogens is 1. The second-order valence-corrected chi connectivity index (χ2v) is 5.10. The Morgan fingerprint density at radius 1 is 1.47 bits per heavy atom. The van der Waals surface area contributed by atoms with E-state index < -0.39 is 0 Å². The van der Waals surface area contributed by atoms with Crippen LogP contribution in [0.1, 0.15) is 37.3 Å². The Morgan fingerprint density at radius 2 is 2.20 bits per heavy atom. The fraction of sp³-hybridized carbons (Fsp3) is 0.538. The first-order valence-electron chi connectivity index (χ1n) is 5.53. The quantitative estimate of drug-likeness (QED) is 0.793. The Morgan fingerprint density at radius 3 is 2.87 bits per heavy atom. The van der Waals surface area contributed by atoms with Crippen LogP contribution in [0.5, 0.6) is 0 Å². The lowest BCUT2D eigenvalue weighted by atomic mass is 9.75. The van der Waals surface area contributed by atoms with E-state index in [0.29, 0.717) is 6.54 Å². The Kier molecular flexibility index (Phi) is 2.55. The topological polar surface area (TPSA) is 26.0 Å². The van der Waals surface area contributed by atoms with E-state index in [0.717, 1.165) is 18.4 Å². The summed E-state index contributed by atoms with van der Waals surface area (Å²) in [6.07, 6.45) is 2.02. The summed E-state index contributed by atoms with van der Waals surface area (Å²) in [6, 6.07) is 5.39. The highest BCUT2D eigenvalue weighted by Crippen LogP contribution is 2.45. The minimum Gasteiger partial charge on any atom is -0.330 e. The molecule has 0 spiro atoms. The highest BCUT2D eigenvalue weighted by molar-refractivity contribution is 5.37. The standard InChI is InChI=1S/C13H18FN/c1-13(2,8-15)10-7-6-9-4-3-5-11(14)12(9)10/h3-5,10H,6-8,15H2,1-2H3. The fourth-order valence-corrected chi connectivity index (χ4v) is 2.56. The van der Waals surface area contributed by atoms with Crippen molar-refractivity contribution in [1.29, 1.82) is 0 Å². The Hall–Kier alpha value is -0.890. The summed E-state index contributed by atoms with van der Waals surface area (Å²) in [5, 5.41) is 0. The Labute approximate surface area is 90.5 Å². The van der Waals surface area contributed by atoms with Gasteiger partial charge in [-0.15, -0.1) is 0 Å². The highest BCUT2D eigenvalue weighted by Gasteiger charge is 2.36. The van der Waals surface area contributed by atoms with Crippen molar-refractivity contribution in [1.82, 2.24) is 0 Å². The molecule has 1 unspecified atom stereocenters. The fourth-order valence-electron chi connectivity index (χ4n) is 2.56. The zero-order chi connectivity index (χ0) is 11.1. The van der Waals surface area contributed by atoms with Crippen LogP contribution in [-0.2, 0) is 6.42 Å². The van der Waals surface area contributed by atoms with Gasteiger partial charge in [0.2, 0.25) is 0 Å². The molecule has 0 saturated carbocycles. The smallest absolute Gasteiger partial charge is 0.126 e. The van der Waals surface area contributed by atoms with Gasteiger partial charge in [0.1, 0.15) is 5.82 Å². The summed E-state index contributed by atoms with van der Waals surface area (Å²) in [4.78, 5) is 0. The molecule has 2 heteroatoms. The molecular weight excluding hydrogens is 189 g/mol. The Balaban J connectivity index is 2.44. The molecule has 1 nitrogen and oxygen atoms in total. The summed E-state index contributed by atoms with van der Waals surface area (Å²) in [5.74, 6) is 0.218. The molecule has 0 heterocycles. The van der Waals surface area contributed by atoms with E-state index >= 15 is 0 Å². The van der Waals surface area contributed by atoms with E-state index in [1.54, 1.807) is 12.1 Å². The lowest BCUT2D eigenvalue weighted by molar-refractivity contribution is 0.289. The van der Waals surface area contributed by atoms with E-state index in [1.807, 2.05) is 6.07 Å². The van der Waals surface area contributed by atoms with E-state index in [4.69, 9.17) is 5.73 Å². The van der Waals surface area contributed by atoms with Crippen molar-refractivity contribution >= 4 is 0 Å². The van der Waals surface area contributed by atoms with Crippen LogP contribution in [0.2, 0.25) is 0 Å². The second kappa shape index (κ2) is 3.60. The summed E-state index contributed by atoms with van der Waals surface area (Å²) >= 11 is 0. The maximum atomic E-state index is 13.8. The average molecular weight is 207 g/mol. The molecule has 0 bridgehead atoms. The van der Waals surface area contributed by atoms with Crippen molar-refractivity contribution in [3.05, 3.63) is 35.1 Å². The first-order valence-corrected chi connectivity index (χ1v) is 5.53. The number of benzene rings is 1. The van der Waals surface area contributed by atoms with Crippen molar-refractivity contribution in [2.24, 2.45) is 11.1 Å². The number of hydrogen-bond donors (Lipinski definition) is 1. The van der Waals surface area contributed by atoms with Crippen molar-refractivity contribution in [3.8, 4) is 0 Å². The summed E-state index contributed by atoms with van der Waals surface area (Å²) in [6.45, 7) is 4.85. The van der Waals surface area contributed by atoms with Gasteiger partial charge in [0.15, 0.2) is 0 Å². The molecule has 0 amide bonds. The number of fused-ring (bicyclic) bond motifs is 1. The van der Waals surface area contributed by atoms with E-state index in [-0.39, 0.29) is 17.2 Å². The SMILES string of the molecule is CC(C)(CN)C1CCc2cccc(F)c21. The predicted molar refractivity (Wildman–Crippen MR) is 60.3 cm³/mol. The molecule has 1 aromatic carbocycles. The van der Waals surface area contributed by atoms with E-state index in [2.05, 4.69) is 13.8 Å². The lowest BCUT2D eigenvalue weighted by Gasteiger charge is -2.31. The van der Waals surface area contributed by atoms with Crippen LogP contribution in [0.4, 0.5) is 4.39 Å². The molecule has 0 fully saturated rings. The van der Waals surface area contributed by atoms with Crippen LogP contribution in [0.3, 0.4) is 0 Å². The molecule has 0 aromatic heterocycles. The minimum absolute atomic E-state index is 0.00650. The monoisotopic (exact) mass is 207 g/mol. The molecule has 1 aliphatic carbocycles. The van der Waals surface area contributed by atoms with Crippen molar-refractivity contribution in [3.63, 3.8) is 0 Å². The normalized spacial score (nSPS) is 20.4. The highest BCUT2D eigenvalue weighted by atomic mass is 19.1. The van der Waals surface area contributed by atoms with Gasteiger partial charge >= 0.3 is 0 Å². The van der Waals surface area contributed by atoms with Gasteiger partial charge in [0, 0.05) is 0 Å². The van der Waals surface area contributed by atoms with Crippen LogP contribution < -0.4 is 5.73 Å². The summed E-state index contributed by atoms with van der Waals surface area (Å²) < 4.78 is 13.8. The largest absolute Gasteiger partial charge is 0.330 e. The van der Waals surface area contributed by atoms with Crippen LogP contribution >= 0.6 is 0 Å². The van der Waals surface area contributed by atoms with E-state index in [1.165, 1.54) is 5.56 Å². The molecule has 0 radical (unpaired) electrons. The van der Waals surface area contributed by atoms with Gasteiger partial charge in [-0.3, -0.25) is 0 Å². The average Bonchev–Trinajstić information content (AvgIpc) is 2.63. The second-order valence-electron chi connectivity index (χ2n) is 5.10. The van der Waals surface area contributed by atoms with Gasteiger partial charge in [0.25, 0.3) is 0 Å². The summed E-state index contributed by atoms with van der Waals surface area (Å²) in [7, 11) is 0. The first-order chi connectivity index (χ1) is 7.06. The number of nitrogens with two attached hydrogens (primary N) is 1. The van der Waals surface area contributed by atoms with Gasteiger partial charge < -0.3 is 5.73 Å². The zero-order valence-corrected chi connectivity index (χ0v) is 9.39. The molecule has 1 aromatic rings. The van der Waals surface area contributed by atoms with Crippen LogP contribution in [-0.4, -0.2) is 6.54 Å². The number of rotatable bonds is 2. The molecular formula is C13H18FN. The molecule has 1 atom stereocenters. The van der Waals surface area contributed by atoms with Gasteiger partial charge in [-0.25, -0.2) is 4.39 Å². The molecule has 0 saturated heterocycles. The predicted octanol–water partition coefficient (Wildman–Crippen LogP) is 2.84. The number of hydrogen-bond acceptors (Lipinski definition) is 1. The van der Waals surface area contributed by atoms with Crippen LogP contribution in [0.15, 0.2) is 18.2 Å². The third kappa shape index (κ3) is 1.67. The molecule has 0 aliphatic heterocycles. The summed E-state index contributed by atoms with van der Waals surface area (Å²) in [5.41, 5.74) is 7.84. The minimum atomic E-state index is -0.0588. The van der Waals surface area contributed by atoms with Crippen molar-refractivity contribution in [2.75, 3.05) is 6.54 Å². The zero-order valence-electron chi connectivity index (χ0n) is 9.39. The Bertz CT molecular complexity index is 371. The molecule has 2 rings (SSSR count). The molecule has 1 aliphatic rings. The maximum Gasteiger partial charge on any atom is 0.126 e. The van der Waals surface area contributed by atoms with Crippen LogP contribution in [0, 0.1) is 11.2 Å². The maximum absolute atomic E-state index is 13.8. The van der Waals surface area contributed by atoms with Crippen LogP contribution in [0.25, 0.3) is 0 Å². The first kappa shape index (κ1) is 10.6. The van der Waals surface area contributed by atoms with E-state index in [9.17, 15) is 4.39 Å².